The molecule has 1 amide bonds. The topological polar surface area (TPSA) is 72.5 Å². The van der Waals surface area contributed by atoms with Crippen LogP contribution in [0.3, 0.4) is 0 Å². The lowest BCUT2D eigenvalue weighted by atomic mass is 10.0. The molecule has 2 unspecified atom stereocenters. The quantitative estimate of drug-likeness (QED) is 0.790. The minimum absolute atomic E-state index is 0.181. The predicted octanol–water partition coefficient (Wildman–Crippen LogP) is 3.08. The van der Waals surface area contributed by atoms with Crippen molar-refractivity contribution in [2.45, 2.75) is 31.7 Å². The number of rotatable bonds is 6. The van der Waals surface area contributed by atoms with Gasteiger partial charge in [-0.2, -0.15) is 0 Å². The smallest absolute Gasteiger partial charge is 0.338 e. The van der Waals surface area contributed by atoms with Crippen molar-refractivity contribution in [1.82, 2.24) is 5.32 Å². The SMILES string of the molecule is Cc1ccc(C(C)NC(=O)COC(=O)c2ccc(S(C)=O)cc2)cc1C. The number of amides is 1. The number of benzene rings is 2. The minimum atomic E-state index is -1.11. The molecule has 0 aliphatic heterocycles. The molecule has 5 nitrogen and oxygen atoms in total. The van der Waals surface area contributed by atoms with E-state index in [1.807, 2.05) is 39.0 Å². The summed E-state index contributed by atoms with van der Waals surface area (Å²) in [4.78, 5) is 24.6. The van der Waals surface area contributed by atoms with Crippen LogP contribution in [0.25, 0.3) is 0 Å². The first-order valence-corrected chi connectivity index (χ1v) is 9.81. The molecule has 0 bridgehead atoms. The van der Waals surface area contributed by atoms with Crippen molar-refractivity contribution in [3.8, 4) is 0 Å². The van der Waals surface area contributed by atoms with E-state index in [1.54, 1.807) is 18.4 Å². The molecule has 138 valence electrons. The first-order chi connectivity index (χ1) is 12.3. The zero-order valence-corrected chi connectivity index (χ0v) is 16.2. The van der Waals surface area contributed by atoms with E-state index in [-0.39, 0.29) is 18.6 Å². The molecule has 2 rings (SSSR count). The van der Waals surface area contributed by atoms with Gasteiger partial charge in [0, 0.05) is 22.0 Å². The van der Waals surface area contributed by atoms with E-state index in [9.17, 15) is 13.8 Å². The lowest BCUT2D eigenvalue weighted by Gasteiger charge is -2.15. The number of esters is 1. The van der Waals surface area contributed by atoms with Gasteiger partial charge in [0.1, 0.15) is 0 Å². The highest BCUT2D eigenvalue weighted by atomic mass is 32.2. The lowest BCUT2D eigenvalue weighted by Crippen LogP contribution is -2.31. The molecule has 0 aliphatic carbocycles. The second-order valence-corrected chi connectivity index (χ2v) is 7.57. The van der Waals surface area contributed by atoms with Crippen molar-refractivity contribution in [1.29, 1.82) is 0 Å². The summed E-state index contributed by atoms with van der Waals surface area (Å²) in [6, 6.07) is 12.1. The van der Waals surface area contributed by atoms with Gasteiger partial charge in [0.25, 0.3) is 5.91 Å². The van der Waals surface area contributed by atoms with Gasteiger partial charge < -0.3 is 10.1 Å². The third kappa shape index (κ3) is 5.26. The minimum Gasteiger partial charge on any atom is -0.452 e. The Kier molecular flexibility index (Phi) is 6.69. The average Bonchev–Trinajstić information content (AvgIpc) is 2.62. The Hall–Kier alpha value is -2.47. The van der Waals surface area contributed by atoms with Crippen LogP contribution in [0.4, 0.5) is 0 Å². The summed E-state index contributed by atoms with van der Waals surface area (Å²) in [5, 5.41) is 2.82. The Morgan fingerprint density at radius 1 is 1.08 bits per heavy atom. The molecular formula is C20H23NO4S. The number of nitrogens with one attached hydrogen (secondary N) is 1. The molecule has 0 aromatic heterocycles. The molecule has 2 aromatic rings. The van der Waals surface area contributed by atoms with Gasteiger partial charge >= 0.3 is 5.97 Å². The van der Waals surface area contributed by atoms with Crippen LogP contribution in [-0.2, 0) is 20.3 Å². The van der Waals surface area contributed by atoms with Crippen molar-refractivity contribution < 1.29 is 18.5 Å². The van der Waals surface area contributed by atoms with Crippen molar-refractivity contribution in [3.05, 3.63) is 64.7 Å². The molecule has 0 saturated carbocycles. The van der Waals surface area contributed by atoms with E-state index in [0.29, 0.717) is 10.5 Å². The molecule has 26 heavy (non-hydrogen) atoms. The summed E-state index contributed by atoms with van der Waals surface area (Å²) in [6.07, 6.45) is 1.56. The number of carbonyl (C=O) groups is 2. The molecular weight excluding hydrogens is 350 g/mol. The van der Waals surface area contributed by atoms with Gasteiger partial charge in [0.15, 0.2) is 6.61 Å². The number of hydrogen-bond acceptors (Lipinski definition) is 4. The van der Waals surface area contributed by atoms with Crippen molar-refractivity contribution >= 4 is 22.7 Å². The van der Waals surface area contributed by atoms with Gasteiger partial charge in [-0.25, -0.2) is 4.79 Å². The molecule has 6 heteroatoms. The van der Waals surface area contributed by atoms with Crippen LogP contribution in [0.15, 0.2) is 47.4 Å². The van der Waals surface area contributed by atoms with Crippen molar-refractivity contribution in [3.63, 3.8) is 0 Å². The first kappa shape index (κ1) is 19.8. The van der Waals surface area contributed by atoms with Crippen molar-refractivity contribution in [2.24, 2.45) is 0 Å². The maximum Gasteiger partial charge on any atom is 0.338 e. The fourth-order valence-corrected chi connectivity index (χ4v) is 2.92. The van der Waals surface area contributed by atoms with Gasteiger partial charge in [0.2, 0.25) is 0 Å². The second-order valence-electron chi connectivity index (χ2n) is 6.19. The zero-order chi connectivity index (χ0) is 19.3. The number of ether oxygens (including phenoxy) is 1. The van der Waals surface area contributed by atoms with E-state index in [0.717, 1.165) is 11.1 Å². The monoisotopic (exact) mass is 373 g/mol. The highest BCUT2D eigenvalue weighted by molar-refractivity contribution is 7.84. The maximum atomic E-state index is 12.0. The first-order valence-electron chi connectivity index (χ1n) is 8.25. The summed E-state index contributed by atoms with van der Waals surface area (Å²) in [5.74, 6) is -0.956. The van der Waals surface area contributed by atoms with E-state index in [4.69, 9.17) is 4.74 Å². The van der Waals surface area contributed by atoms with Crippen LogP contribution in [0.1, 0.15) is 40.0 Å². The fraction of sp³-hybridized carbons (Fsp3) is 0.300. The number of carbonyl (C=O) groups excluding carboxylic acids is 2. The van der Waals surface area contributed by atoms with Crippen LogP contribution in [0, 0.1) is 13.8 Å². The Labute approximate surface area is 156 Å². The summed E-state index contributed by atoms with van der Waals surface area (Å²) >= 11 is 0. The van der Waals surface area contributed by atoms with Gasteiger partial charge in [-0.1, -0.05) is 18.2 Å². The summed E-state index contributed by atoms with van der Waals surface area (Å²) < 4.78 is 16.4. The average molecular weight is 373 g/mol. The van der Waals surface area contributed by atoms with Gasteiger partial charge in [-0.15, -0.1) is 0 Å². The van der Waals surface area contributed by atoms with E-state index >= 15 is 0 Å². The molecule has 0 radical (unpaired) electrons. The normalized spacial score (nSPS) is 12.9. The number of hydrogen-bond donors (Lipinski definition) is 1. The summed E-state index contributed by atoms with van der Waals surface area (Å²) in [7, 11) is -1.11. The van der Waals surface area contributed by atoms with Crippen molar-refractivity contribution in [2.75, 3.05) is 12.9 Å². The van der Waals surface area contributed by atoms with E-state index in [2.05, 4.69) is 5.32 Å². The molecule has 2 aromatic carbocycles. The van der Waals surface area contributed by atoms with E-state index in [1.165, 1.54) is 17.7 Å². The van der Waals surface area contributed by atoms with Crippen LogP contribution in [0.2, 0.25) is 0 Å². The van der Waals surface area contributed by atoms with Gasteiger partial charge in [0.05, 0.1) is 11.6 Å². The molecule has 0 saturated heterocycles. The largest absolute Gasteiger partial charge is 0.452 e. The Morgan fingerprint density at radius 3 is 2.31 bits per heavy atom. The Bertz CT molecular complexity index is 830. The molecule has 0 spiro atoms. The summed E-state index contributed by atoms with van der Waals surface area (Å²) in [5.41, 5.74) is 3.66. The van der Waals surface area contributed by atoms with Crippen LogP contribution < -0.4 is 5.32 Å². The van der Waals surface area contributed by atoms with Gasteiger partial charge in [-0.05, 0) is 61.7 Å². The predicted molar refractivity (Wildman–Crippen MR) is 102 cm³/mol. The Balaban J connectivity index is 1.88. The molecule has 1 N–H and O–H groups in total. The second kappa shape index (κ2) is 8.76. The fourth-order valence-electron chi connectivity index (χ4n) is 2.40. The van der Waals surface area contributed by atoms with Gasteiger partial charge in [-0.3, -0.25) is 9.00 Å². The molecule has 0 heterocycles. The van der Waals surface area contributed by atoms with Crippen LogP contribution >= 0.6 is 0 Å². The highest BCUT2D eigenvalue weighted by Gasteiger charge is 2.14. The molecule has 2 atom stereocenters. The molecule has 0 fully saturated rings. The summed E-state index contributed by atoms with van der Waals surface area (Å²) in [6.45, 7) is 5.59. The zero-order valence-electron chi connectivity index (χ0n) is 15.4. The number of aryl methyl sites for hydroxylation is 2. The van der Waals surface area contributed by atoms with Crippen LogP contribution in [-0.4, -0.2) is 28.9 Å². The Morgan fingerprint density at radius 2 is 1.73 bits per heavy atom. The third-order valence-corrected chi connectivity index (χ3v) is 5.10. The lowest BCUT2D eigenvalue weighted by molar-refractivity contribution is -0.124. The van der Waals surface area contributed by atoms with E-state index < -0.39 is 16.8 Å². The highest BCUT2D eigenvalue weighted by Crippen LogP contribution is 2.16. The standard InChI is InChI=1S/C20H23NO4S/c1-13-5-6-17(11-14(13)2)15(3)21-19(22)12-25-20(23)16-7-9-18(10-8-16)26(4)24/h5-11,15H,12H2,1-4H3,(H,21,22). The maximum absolute atomic E-state index is 12.0. The van der Waals surface area contributed by atoms with Crippen LogP contribution in [0.5, 0.6) is 0 Å². The third-order valence-electron chi connectivity index (χ3n) is 4.16. The molecule has 0 aliphatic rings.